The summed E-state index contributed by atoms with van der Waals surface area (Å²) in [7, 11) is -3.05. The van der Waals surface area contributed by atoms with Crippen LogP contribution in [0.2, 0.25) is 0 Å². The van der Waals surface area contributed by atoms with Crippen LogP contribution < -0.4 is 10.6 Å². The molecule has 1 fully saturated rings. The van der Waals surface area contributed by atoms with Crippen molar-refractivity contribution in [2.45, 2.75) is 19.4 Å². The minimum absolute atomic E-state index is 0.0157. The first-order valence-electron chi connectivity index (χ1n) is 8.74. The number of pyridine rings is 1. The van der Waals surface area contributed by atoms with Gasteiger partial charge in [-0.15, -0.1) is 0 Å². The maximum atomic E-state index is 12.5. The van der Waals surface area contributed by atoms with E-state index in [4.69, 9.17) is 4.98 Å². The Morgan fingerprint density at radius 1 is 1.19 bits per heavy atom. The van der Waals surface area contributed by atoms with Gasteiger partial charge < -0.3 is 5.32 Å². The second kappa shape index (κ2) is 6.70. The van der Waals surface area contributed by atoms with E-state index in [9.17, 15) is 13.2 Å². The van der Waals surface area contributed by atoms with Crippen molar-refractivity contribution < 1.29 is 13.2 Å². The number of aryl methyl sites for hydroxylation is 1. The number of carbonyl (C=O) groups is 1. The number of anilines is 1. The molecule has 8 heteroatoms. The molecule has 1 aliphatic rings. The Morgan fingerprint density at radius 3 is 2.67 bits per heavy atom. The number of carbonyl (C=O) groups excluding carboxylic acids is 1. The van der Waals surface area contributed by atoms with Gasteiger partial charge in [-0.2, -0.15) is 0 Å². The summed E-state index contributed by atoms with van der Waals surface area (Å²) in [5.41, 5.74) is 3.30. The molecule has 1 atom stereocenters. The van der Waals surface area contributed by atoms with Gasteiger partial charge in [0.15, 0.2) is 9.84 Å². The quantitative estimate of drug-likeness (QED) is 0.726. The van der Waals surface area contributed by atoms with Crippen LogP contribution in [-0.4, -0.2) is 41.4 Å². The SMILES string of the molecule is Cc1cccn2c(NC(=O)N[C@@H]3CCS(=O)(=O)C3)c(-c3ccccc3)nc12. The molecule has 0 aliphatic carbocycles. The van der Waals surface area contributed by atoms with Crippen LogP contribution in [-0.2, 0) is 9.84 Å². The molecule has 2 aromatic heterocycles. The lowest BCUT2D eigenvalue weighted by Gasteiger charge is -2.13. The van der Waals surface area contributed by atoms with Crippen LogP contribution in [0.25, 0.3) is 16.9 Å². The molecule has 1 aliphatic heterocycles. The Morgan fingerprint density at radius 2 is 1.96 bits per heavy atom. The van der Waals surface area contributed by atoms with Crippen molar-refractivity contribution in [2.75, 3.05) is 16.8 Å². The van der Waals surface area contributed by atoms with Crippen molar-refractivity contribution in [1.29, 1.82) is 0 Å². The van der Waals surface area contributed by atoms with E-state index in [0.717, 1.165) is 16.8 Å². The van der Waals surface area contributed by atoms with E-state index < -0.39 is 15.9 Å². The smallest absolute Gasteiger partial charge is 0.320 e. The van der Waals surface area contributed by atoms with Gasteiger partial charge in [-0.3, -0.25) is 9.72 Å². The highest BCUT2D eigenvalue weighted by Gasteiger charge is 2.29. The summed E-state index contributed by atoms with van der Waals surface area (Å²) < 4.78 is 25.0. The molecule has 27 heavy (non-hydrogen) atoms. The lowest BCUT2D eigenvalue weighted by atomic mass is 10.1. The van der Waals surface area contributed by atoms with E-state index >= 15 is 0 Å². The van der Waals surface area contributed by atoms with Gasteiger partial charge in [-0.25, -0.2) is 18.2 Å². The highest BCUT2D eigenvalue weighted by Crippen LogP contribution is 2.29. The monoisotopic (exact) mass is 384 g/mol. The second-order valence-corrected chi connectivity index (χ2v) is 8.99. The zero-order valence-corrected chi connectivity index (χ0v) is 15.7. The van der Waals surface area contributed by atoms with Crippen LogP contribution >= 0.6 is 0 Å². The standard InChI is InChI=1S/C19H20N4O3S/c1-13-6-5-10-23-17(13)21-16(14-7-3-2-4-8-14)18(23)22-19(24)20-15-9-11-27(25,26)12-15/h2-8,10,15H,9,11-12H2,1H3,(H2,20,22,24)/t15-/m1/s1. The molecule has 3 aromatic rings. The Balaban J connectivity index is 1.68. The number of sulfone groups is 1. The molecule has 0 spiro atoms. The van der Waals surface area contributed by atoms with Gasteiger partial charge in [0.25, 0.3) is 0 Å². The molecule has 0 unspecified atom stereocenters. The van der Waals surface area contributed by atoms with Crippen LogP contribution in [0.5, 0.6) is 0 Å². The predicted molar refractivity (Wildman–Crippen MR) is 105 cm³/mol. The van der Waals surface area contributed by atoms with Crippen molar-refractivity contribution in [3.05, 3.63) is 54.2 Å². The maximum absolute atomic E-state index is 12.5. The molecule has 140 valence electrons. The zero-order chi connectivity index (χ0) is 19.0. The number of aromatic nitrogens is 2. The summed E-state index contributed by atoms with van der Waals surface area (Å²) in [4.78, 5) is 17.2. The number of nitrogens with zero attached hydrogens (tertiary/aromatic N) is 2. The van der Waals surface area contributed by atoms with Crippen LogP contribution in [0.4, 0.5) is 10.6 Å². The van der Waals surface area contributed by atoms with E-state index in [1.807, 2.05) is 60.0 Å². The third kappa shape index (κ3) is 3.52. The molecule has 1 aromatic carbocycles. The number of rotatable bonds is 3. The minimum Gasteiger partial charge on any atom is -0.334 e. The molecule has 2 amide bonds. The Hall–Kier alpha value is -2.87. The van der Waals surface area contributed by atoms with Crippen LogP contribution in [0, 0.1) is 6.92 Å². The van der Waals surface area contributed by atoms with E-state index in [2.05, 4.69) is 10.6 Å². The van der Waals surface area contributed by atoms with Gasteiger partial charge in [-0.1, -0.05) is 36.4 Å². The number of nitrogens with one attached hydrogen (secondary N) is 2. The first-order valence-corrected chi connectivity index (χ1v) is 10.6. The molecule has 7 nitrogen and oxygen atoms in total. The number of hydrogen-bond acceptors (Lipinski definition) is 4. The van der Waals surface area contributed by atoms with Gasteiger partial charge in [-0.05, 0) is 25.0 Å². The summed E-state index contributed by atoms with van der Waals surface area (Å²) >= 11 is 0. The van der Waals surface area contributed by atoms with Gasteiger partial charge in [0.2, 0.25) is 0 Å². The van der Waals surface area contributed by atoms with Crippen molar-refractivity contribution >= 4 is 27.3 Å². The predicted octanol–water partition coefficient (Wildman–Crippen LogP) is 2.62. The maximum Gasteiger partial charge on any atom is 0.320 e. The average molecular weight is 384 g/mol. The molecule has 2 N–H and O–H groups in total. The first kappa shape index (κ1) is 17.5. The van der Waals surface area contributed by atoms with Crippen molar-refractivity contribution in [3.63, 3.8) is 0 Å². The fourth-order valence-corrected chi connectivity index (χ4v) is 5.03. The second-order valence-electron chi connectivity index (χ2n) is 6.76. The molecular weight excluding hydrogens is 364 g/mol. The lowest BCUT2D eigenvalue weighted by molar-refractivity contribution is 0.249. The van der Waals surface area contributed by atoms with E-state index in [1.165, 1.54) is 0 Å². The number of benzene rings is 1. The van der Waals surface area contributed by atoms with Crippen molar-refractivity contribution in [3.8, 4) is 11.3 Å². The lowest BCUT2D eigenvalue weighted by Crippen LogP contribution is -2.38. The van der Waals surface area contributed by atoms with Crippen LogP contribution in [0.1, 0.15) is 12.0 Å². The highest BCUT2D eigenvalue weighted by atomic mass is 32.2. The number of amides is 2. The normalized spacial score (nSPS) is 18.5. The third-order valence-corrected chi connectivity index (χ3v) is 6.46. The summed E-state index contributed by atoms with van der Waals surface area (Å²) in [6.07, 6.45) is 2.28. The van der Waals surface area contributed by atoms with Crippen LogP contribution in [0.3, 0.4) is 0 Å². The third-order valence-electron chi connectivity index (χ3n) is 4.69. The largest absolute Gasteiger partial charge is 0.334 e. The number of imidazole rings is 1. The fraction of sp³-hybridized carbons (Fsp3) is 0.263. The molecule has 1 saturated heterocycles. The van der Waals surface area contributed by atoms with Gasteiger partial charge in [0.05, 0.1) is 11.5 Å². The molecule has 3 heterocycles. The highest BCUT2D eigenvalue weighted by molar-refractivity contribution is 7.91. The fourth-order valence-electron chi connectivity index (χ4n) is 3.36. The summed E-state index contributed by atoms with van der Waals surface area (Å²) in [6.45, 7) is 1.96. The molecule has 4 rings (SSSR count). The van der Waals surface area contributed by atoms with E-state index in [0.29, 0.717) is 17.9 Å². The molecule has 0 bridgehead atoms. The topological polar surface area (TPSA) is 92.6 Å². The van der Waals surface area contributed by atoms with E-state index in [1.54, 1.807) is 0 Å². The average Bonchev–Trinajstić information content (AvgIpc) is 3.17. The summed E-state index contributed by atoms with van der Waals surface area (Å²) in [5.74, 6) is 0.651. The zero-order valence-electron chi connectivity index (χ0n) is 14.8. The summed E-state index contributed by atoms with van der Waals surface area (Å²) in [6, 6.07) is 12.7. The van der Waals surface area contributed by atoms with Crippen molar-refractivity contribution in [1.82, 2.24) is 14.7 Å². The number of fused-ring (bicyclic) bond motifs is 1. The minimum atomic E-state index is -3.05. The van der Waals surface area contributed by atoms with E-state index in [-0.39, 0.29) is 17.5 Å². The van der Waals surface area contributed by atoms with Gasteiger partial charge >= 0.3 is 6.03 Å². The first-order chi connectivity index (χ1) is 12.9. The Bertz CT molecular complexity index is 1110. The Kier molecular flexibility index (Phi) is 4.35. The van der Waals surface area contributed by atoms with Gasteiger partial charge in [0.1, 0.15) is 17.2 Å². The van der Waals surface area contributed by atoms with Crippen molar-refractivity contribution in [2.24, 2.45) is 0 Å². The molecule has 0 radical (unpaired) electrons. The Labute approximate surface area is 157 Å². The summed E-state index contributed by atoms with van der Waals surface area (Å²) in [5, 5.41) is 5.63. The number of hydrogen-bond donors (Lipinski definition) is 2. The molecular formula is C19H20N4O3S. The molecule has 0 saturated carbocycles. The van der Waals surface area contributed by atoms with Crippen LogP contribution in [0.15, 0.2) is 48.7 Å². The number of urea groups is 1. The van der Waals surface area contributed by atoms with Gasteiger partial charge in [0, 0.05) is 17.8 Å².